The van der Waals surface area contributed by atoms with Crippen LogP contribution in [0.1, 0.15) is 31.2 Å². The molecule has 0 saturated heterocycles. The second-order valence-corrected chi connectivity index (χ2v) is 4.93. The summed E-state index contributed by atoms with van der Waals surface area (Å²) in [5, 5.41) is 8.01. The summed E-state index contributed by atoms with van der Waals surface area (Å²) >= 11 is 3.61. The van der Waals surface area contributed by atoms with Crippen molar-refractivity contribution in [1.29, 1.82) is 0 Å². The highest BCUT2D eigenvalue weighted by molar-refractivity contribution is 9.10. The van der Waals surface area contributed by atoms with Gasteiger partial charge in [0.2, 0.25) is 0 Å². The zero-order chi connectivity index (χ0) is 10.8. The number of hydrogen-bond acceptors (Lipinski definition) is 2. The standard InChI is InChI=1S/C11H18BrN3/c1-3-15-10(11(12)8(2)14-15)6-7-13-9-4-5-9/h9,13H,3-7H2,1-2H3. The Hall–Kier alpha value is -0.350. The van der Waals surface area contributed by atoms with Gasteiger partial charge in [0, 0.05) is 25.6 Å². The Balaban J connectivity index is 1.97. The summed E-state index contributed by atoms with van der Waals surface area (Å²) in [6.07, 6.45) is 3.77. The first-order valence-electron chi connectivity index (χ1n) is 5.67. The largest absolute Gasteiger partial charge is 0.314 e. The van der Waals surface area contributed by atoms with Gasteiger partial charge in [-0.3, -0.25) is 4.68 Å². The molecule has 3 nitrogen and oxygen atoms in total. The fourth-order valence-electron chi connectivity index (χ4n) is 1.79. The van der Waals surface area contributed by atoms with Crippen LogP contribution in [-0.4, -0.2) is 22.4 Å². The molecule has 2 rings (SSSR count). The highest BCUT2D eigenvalue weighted by Gasteiger charge is 2.20. The van der Waals surface area contributed by atoms with E-state index in [-0.39, 0.29) is 0 Å². The minimum Gasteiger partial charge on any atom is -0.314 e. The Kier molecular flexibility index (Phi) is 3.46. The molecule has 0 unspecified atom stereocenters. The first-order valence-corrected chi connectivity index (χ1v) is 6.46. The molecule has 1 aliphatic rings. The van der Waals surface area contributed by atoms with Crippen LogP contribution in [0.15, 0.2) is 4.47 Å². The maximum absolute atomic E-state index is 4.48. The molecule has 1 saturated carbocycles. The third-order valence-corrected chi connectivity index (χ3v) is 3.86. The van der Waals surface area contributed by atoms with Crippen LogP contribution in [0.25, 0.3) is 0 Å². The Morgan fingerprint density at radius 2 is 2.27 bits per heavy atom. The van der Waals surface area contributed by atoms with Crippen molar-refractivity contribution >= 4 is 15.9 Å². The van der Waals surface area contributed by atoms with Gasteiger partial charge >= 0.3 is 0 Å². The second-order valence-electron chi connectivity index (χ2n) is 4.14. The molecule has 0 spiro atoms. The minimum atomic E-state index is 0.794. The van der Waals surface area contributed by atoms with E-state index >= 15 is 0 Å². The number of nitrogens with zero attached hydrogens (tertiary/aromatic N) is 2. The van der Waals surface area contributed by atoms with E-state index in [0.29, 0.717) is 0 Å². The maximum atomic E-state index is 4.48. The molecule has 1 heterocycles. The summed E-state index contributed by atoms with van der Waals surface area (Å²) in [6.45, 7) is 6.20. The lowest BCUT2D eigenvalue weighted by Crippen LogP contribution is -2.20. The Morgan fingerprint density at radius 1 is 1.53 bits per heavy atom. The molecular weight excluding hydrogens is 254 g/mol. The molecule has 0 bridgehead atoms. The van der Waals surface area contributed by atoms with Crippen LogP contribution >= 0.6 is 15.9 Å². The van der Waals surface area contributed by atoms with E-state index in [2.05, 4.69) is 38.0 Å². The van der Waals surface area contributed by atoms with E-state index in [9.17, 15) is 0 Å². The van der Waals surface area contributed by atoms with Crippen molar-refractivity contribution < 1.29 is 0 Å². The fourth-order valence-corrected chi connectivity index (χ4v) is 2.27. The topological polar surface area (TPSA) is 29.9 Å². The van der Waals surface area contributed by atoms with E-state index in [4.69, 9.17) is 0 Å². The smallest absolute Gasteiger partial charge is 0.0738 e. The van der Waals surface area contributed by atoms with Crippen molar-refractivity contribution in [2.24, 2.45) is 0 Å². The Bertz CT molecular complexity index is 342. The molecule has 0 radical (unpaired) electrons. The summed E-state index contributed by atoms with van der Waals surface area (Å²) in [6, 6.07) is 0.794. The SMILES string of the molecule is CCn1nc(C)c(Br)c1CCNC1CC1. The first-order chi connectivity index (χ1) is 7.22. The molecule has 0 aliphatic heterocycles. The van der Waals surface area contributed by atoms with Crippen molar-refractivity contribution in [2.45, 2.75) is 45.7 Å². The number of halogens is 1. The van der Waals surface area contributed by atoms with Crippen molar-refractivity contribution in [3.63, 3.8) is 0 Å². The molecule has 1 aromatic heterocycles. The van der Waals surface area contributed by atoms with E-state index in [1.165, 1.54) is 23.0 Å². The second kappa shape index (κ2) is 4.66. The predicted molar refractivity (Wildman–Crippen MR) is 65.1 cm³/mol. The van der Waals surface area contributed by atoms with Gasteiger partial charge in [-0.1, -0.05) is 0 Å². The highest BCUT2D eigenvalue weighted by atomic mass is 79.9. The van der Waals surface area contributed by atoms with Crippen LogP contribution in [0.2, 0.25) is 0 Å². The van der Waals surface area contributed by atoms with Gasteiger partial charge in [-0.05, 0) is 42.6 Å². The molecule has 84 valence electrons. The van der Waals surface area contributed by atoms with Gasteiger partial charge in [0.15, 0.2) is 0 Å². The van der Waals surface area contributed by atoms with Gasteiger partial charge in [0.25, 0.3) is 0 Å². The average molecular weight is 272 g/mol. The van der Waals surface area contributed by atoms with Gasteiger partial charge in [0.1, 0.15) is 0 Å². The molecular formula is C11H18BrN3. The summed E-state index contributed by atoms with van der Waals surface area (Å²) in [5.74, 6) is 0. The quantitative estimate of drug-likeness (QED) is 0.891. The lowest BCUT2D eigenvalue weighted by Gasteiger charge is -2.06. The molecule has 15 heavy (non-hydrogen) atoms. The van der Waals surface area contributed by atoms with Crippen molar-refractivity contribution in [3.05, 3.63) is 15.9 Å². The molecule has 1 aliphatic carbocycles. The van der Waals surface area contributed by atoms with Crippen molar-refractivity contribution in [1.82, 2.24) is 15.1 Å². The zero-order valence-electron chi connectivity index (χ0n) is 9.39. The minimum absolute atomic E-state index is 0.794. The van der Waals surface area contributed by atoms with E-state index in [0.717, 1.165) is 31.2 Å². The van der Waals surface area contributed by atoms with Gasteiger partial charge in [-0.25, -0.2) is 0 Å². The van der Waals surface area contributed by atoms with Crippen LogP contribution in [-0.2, 0) is 13.0 Å². The van der Waals surface area contributed by atoms with Crippen LogP contribution in [0.4, 0.5) is 0 Å². The average Bonchev–Trinajstić information content (AvgIpc) is 3.00. The lowest BCUT2D eigenvalue weighted by atomic mass is 10.3. The molecule has 1 fully saturated rings. The van der Waals surface area contributed by atoms with E-state index in [1.54, 1.807) is 0 Å². The molecule has 0 atom stereocenters. The lowest BCUT2D eigenvalue weighted by molar-refractivity contribution is 0.593. The zero-order valence-corrected chi connectivity index (χ0v) is 11.0. The van der Waals surface area contributed by atoms with Gasteiger partial charge in [-0.2, -0.15) is 5.10 Å². The third-order valence-electron chi connectivity index (χ3n) is 2.82. The first kappa shape index (κ1) is 11.1. The van der Waals surface area contributed by atoms with Crippen LogP contribution in [0.3, 0.4) is 0 Å². The molecule has 0 amide bonds. The highest BCUT2D eigenvalue weighted by Crippen LogP contribution is 2.22. The van der Waals surface area contributed by atoms with E-state index in [1.807, 2.05) is 6.92 Å². The normalized spacial score (nSPS) is 15.9. The number of aromatic nitrogens is 2. The number of aryl methyl sites for hydroxylation is 2. The van der Waals surface area contributed by atoms with Gasteiger partial charge in [-0.15, -0.1) is 0 Å². The van der Waals surface area contributed by atoms with Crippen LogP contribution < -0.4 is 5.32 Å². The number of rotatable bonds is 5. The molecule has 0 aromatic carbocycles. The third kappa shape index (κ3) is 2.61. The molecule has 4 heteroatoms. The molecule has 1 aromatic rings. The van der Waals surface area contributed by atoms with Crippen LogP contribution in [0.5, 0.6) is 0 Å². The maximum Gasteiger partial charge on any atom is 0.0738 e. The summed E-state index contributed by atoms with van der Waals surface area (Å²) < 4.78 is 3.27. The number of hydrogen-bond donors (Lipinski definition) is 1. The van der Waals surface area contributed by atoms with Gasteiger partial charge < -0.3 is 5.32 Å². The predicted octanol–water partition coefficient (Wildman–Crippen LogP) is 2.27. The van der Waals surface area contributed by atoms with Crippen molar-refractivity contribution in [3.8, 4) is 0 Å². The fraction of sp³-hybridized carbons (Fsp3) is 0.727. The molecule has 1 N–H and O–H groups in total. The van der Waals surface area contributed by atoms with Gasteiger partial charge in [0.05, 0.1) is 15.9 Å². The van der Waals surface area contributed by atoms with E-state index < -0.39 is 0 Å². The Morgan fingerprint density at radius 3 is 2.87 bits per heavy atom. The van der Waals surface area contributed by atoms with Crippen LogP contribution in [0, 0.1) is 6.92 Å². The van der Waals surface area contributed by atoms with Crippen molar-refractivity contribution in [2.75, 3.05) is 6.54 Å². The summed E-state index contributed by atoms with van der Waals surface area (Å²) in [7, 11) is 0. The number of nitrogens with one attached hydrogen (secondary N) is 1. The Labute approximate surface area is 99.4 Å². The summed E-state index contributed by atoms with van der Waals surface area (Å²) in [5.41, 5.74) is 2.42. The summed E-state index contributed by atoms with van der Waals surface area (Å²) in [4.78, 5) is 0. The monoisotopic (exact) mass is 271 g/mol.